The van der Waals surface area contributed by atoms with E-state index in [1.165, 1.54) is 17.3 Å². The van der Waals surface area contributed by atoms with E-state index < -0.39 is 0 Å². The summed E-state index contributed by atoms with van der Waals surface area (Å²) in [5.74, 6) is 0.968. The lowest BCUT2D eigenvalue weighted by Crippen LogP contribution is -2.15. The van der Waals surface area contributed by atoms with Crippen molar-refractivity contribution in [1.82, 2.24) is 0 Å². The zero-order valence-corrected chi connectivity index (χ0v) is 16.3. The van der Waals surface area contributed by atoms with Crippen LogP contribution < -0.4 is 11.4 Å². The summed E-state index contributed by atoms with van der Waals surface area (Å²) in [6, 6.07) is 5.61. The maximum Gasteiger partial charge on any atom is 0.336 e. The Morgan fingerprint density at radius 2 is 2.04 bits per heavy atom. The lowest BCUT2D eigenvalue weighted by atomic mass is 9.95. The third kappa shape index (κ3) is 5.09. The minimum atomic E-state index is -0.344. The normalized spacial score (nSPS) is 13.6. The number of nitrogens with zero attached hydrogens (tertiary/aromatic N) is 1. The van der Waals surface area contributed by atoms with Crippen molar-refractivity contribution in [3.05, 3.63) is 45.3 Å². The molecule has 0 bridgehead atoms. The van der Waals surface area contributed by atoms with Gasteiger partial charge in [-0.05, 0) is 48.6 Å². The molecule has 0 unspecified atom stereocenters. The van der Waals surface area contributed by atoms with Crippen molar-refractivity contribution in [2.24, 2.45) is 10.7 Å². The number of amidine groups is 1. The maximum absolute atomic E-state index is 11.9. The van der Waals surface area contributed by atoms with Crippen LogP contribution in [0.25, 0.3) is 11.0 Å². The van der Waals surface area contributed by atoms with Gasteiger partial charge in [-0.1, -0.05) is 25.6 Å². The first-order valence-electron chi connectivity index (χ1n) is 8.34. The van der Waals surface area contributed by atoms with Crippen LogP contribution in [-0.2, 0) is 10.5 Å². The van der Waals surface area contributed by atoms with Crippen molar-refractivity contribution in [1.29, 1.82) is 0 Å². The molecule has 1 aromatic heterocycles. The predicted molar refractivity (Wildman–Crippen MR) is 106 cm³/mol. The van der Waals surface area contributed by atoms with Crippen molar-refractivity contribution in [2.45, 2.75) is 45.4 Å². The number of nitrogens with two attached hydrogens (primary N) is 1. The molecule has 0 fully saturated rings. The number of methoxy groups -OCH3 is 1. The van der Waals surface area contributed by atoms with Gasteiger partial charge in [0.05, 0.1) is 12.6 Å². The van der Waals surface area contributed by atoms with E-state index in [1.54, 1.807) is 13.2 Å². The Balaban J connectivity index is 2.34. The molecule has 1 atom stereocenters. The average molecular weight is 362 g/mol. The second kappa shape index (κ2) is 8.54. The molecule has 0 saturated heterocycles. The molecule has 2 N–H and O–H groups in total. The highest BCUT2D eigenvalue weighted by atomic mass is 32.2. The Bertz CT molecular complexity index is 827. The summed E-state index contributed by atoms with van der Waals surface area (Å²) in [5.41, 5.74) is 9.56. The van der Waals surface area contributed by atoms with Crippen LogP contribution in [0.15, 0.2) is 32.4 Å². The van der Waals surface area contributed by atoms with Gasteiger partial charge in [0, 0.05) is 24.3 Å². The lowest BCUT2D eigenvalue weighted by molar-refractivity contribution is 0.186. The van der Waals surface area contributed by atoms with Crippen molar-refractivity contribution >= 4 is 27.9 Å². The first kappa shape index (κ1) is 19.5. The number of thioether (sulfide) groups is 1. The smallest absolute Gasteiger partial charge is 0.336 e. The highest BCUT2D eigenvalue weighted by molar-refractivity contribution is 8.13. The van der Waals surface area contributed by atoms with Crippen LogP contribution in [0.5, 0.6) is 0 Å². The van der Waals surface area contributed by atoms with Crippen LogP contribution in [0.3, 0.4) is 0 Å². The van der Waals surface area contributed by atoms with Crippen molar-refractivity contribution < 1.29 is 9.15 Å². The van der Waals surface area contributed by atoms with Gasteiger partial charge < -0.3 is 14.9 Å². The Labute approximate surface area is 152 Å². The number of ether oxygens (including phenoxy) is 1. The molecular formula is C19H26N2O3S. The Hall–Kier alpha value is -1.79. The molecule has 0 aliphatic carbocycles. The first-order valence-corrected chi connectivity index (χ1v) is 9.32. The minimum absolute atomic E-state index is 0.00489. The Kier molecular flexibility index (Phi) is 6.67. The molecule has 136 valence electrons. The van der Waals surface area contributed by atoms with Gasteiger partial charge in [0.2, 0.25) is 0 Å². The standard InChI is InChI=1S/C19H26N2O3S/c1-11(2)15-8-16-14(7-18(22)24-17(16)6-12(15)3)10-25-19(20)21-13(4)9-23-5/h6-8,11,13H,9-10H2,1-5H3,(H2,20,21)/t13-/m0/s1. The van der Waals surface area contributed by atoms with Crippen molar-refractivity contribution in [2.75, 3.05) is 13.7 Å². The van der Waals surface area contributed by atoms with Crippen LogP contribution in [0.4, 0.5) is 0 Å². The summed E-state index contributed by atoms with van der Waals surface area (Å²) in [6.07, 6.45) is 0. The fourth-order valence-electron chi connectivity index (χ4n) is 2.82. The van der Waals surface area contributed by atoms with Crippen molar-refractivity contribution in [3.63, 3.8) is 0 Å². The molecular weight excluding hydrogens is 336 g/mol. The molecule has 0 aliphatic rings. The van der Waals surface area contributed by atoms with Gasteiger partial charge in [0.1, 0.15) is 5.58 Å². The van der Waals surface area contributed by atoms with E-state index in [2.05, 4.69) is 24.9 Å². The van der Waals surface area contributed by atoms with Gasteiger partial charge in [-0.15, -0.1) is 0 Å². The molecule has 0 radical (unpaired) electrons. The van der Waals surface area contributed by atoms with Crippen LogP contribution in [0.1, 0.15) is 43.4 Å². The van der Waals surface area contributed by atoms with E-state index in [0.717, 1.165) is 16.5 Å². The largest absolute Gasteiger partial charge is 0.423 e. The highest BCUT2D eigenvalue weighted by Gasteiger charge is 2.12. The molecule has 0 spiro atoms. The highest BCUT2D eigenvalue weighted by Crippen LogP contribution is 2.28. The number of aryl methyl sites for hydroxylation is 1. The van der Waals surface area contributed by atoms with Gasteiger partial charge in [0.25, 0.3) is 0 Å². The number of hydrogen-bond acceptors (Lipinski definition) is 5. The summed E-state index contributed by atoms with van der Waals surface area (Å²) in [4.78, 5) is 16.3. The number of fused-ring (bicyclic) bond motifs is 1. The van der Waals surface area contributed by atoms with Gasteiger partial charge in [-0.2, -0.15) is 0 Å². The molecule has 2 rings (SSSR count). The molecule has 0 aliphatic heterocycles. The maximum atomic E-state index is 11.9. The molecule has 5 nitrogen and oxygen atoms in total. The number of rotatable bonds is 6. The Morgan fingerprint density at radius 1 is 1.32 bits per heavy atom. The molecule has 0 saturated carbocycles. The fourth-order valence-corrected chi connectivity index (χ4v) is 3.61. The van der Waals surface area contributed by atoms with E-state index in [9.17, 15) is 4.79 Å². The summed E-state index contributed by atoms with van der Waals surface area (Å²) in [6.45, 7) is 8.82. The summed E-state index contributed by atoms with van der Waals surface area (Å²) >= 11 is 1.42. The SMILES string of the molecule is COC[C@H](C)N=C(N)SCc1cc(=O)oc2cc(C)c(C(C)C)cc12. The van der Waals surface area contributed by atoms with Gasteiger partial charge in [-0.3, -0.25) is 4.99 Å². The zero-order chi connectivity index (χ0) is 18.6. The van der Waals surface area contributed by atoms with Crippen molar-refractivity contribution in [3.8, 4) is 0 Å². The summed E-state index contributed by atoms with van der Waals surface area (Å²) in [7, 11) is 1.64. The Morgan fingerprint density at radius 3 is 2.68 bits per heavy atom. The number of hydrogen-bond donors (Lipinski definition) is 1. The minimum Gasteiger partial charge on any atom is -0.423 e. The van der Waals surface area contributed by atoms with Crippen LogP contribution in [0, 0.1) is 6.92 Å². The van der Waals surface area contributed by atoms with Gasteiger partial charge >= 0.3 is 5.63 Å². The molecule has 1 heterocycles. The second-order valence-corrected chi connectivity index (χ2v) is 7.51. The zero-order valence-electron chi connectivity index (χ0n) is 15.5. The summed E-state index contributed by atoms with van der Waals surface area (Å²) in [5, 5.41) is 1.45. The third-order valence-electron chi connectivity index (χ3n) is 3.97. The van der Waals surface area contributed by atoms with E-state index in [0.29, 0.717) is 29.0 Å². The molecule has 2 aromatic rings. The number of aliphatic imine (C=N–C) groups is 1. The fraction of sp³-hybridized carbons (Fsp3) is 0.474. The van der Waals surface area contributed by atoms with E-state index in [-0.39, 0.29) is 11.7 Å². The molecule has 25 heavy (non-hydrogen) atoms. The van der Waals surface area contributed by atoms with E-state index >= 15 is 0 Å². The summed E-state index contributed by atoms with van der Waals surface area (Å²) < 4.78 is 10.4. The van der Waals surface area contributed by atoms with E-state index in [4.69, 9.17) is 14.9 Å². The second-order valence-electron chi connectivity index (χ2n) is 6.51. The van der Waals surface area contributed by atoms with Gasteiger partial charge in [0.15, 0.2) is 5.17 Å². The topological polar surface area (TPSA) is 77.8 Å². The first-order chi connectivity index (χ1) is 11.8. The quantitative estimate of drug-likeness (QED) is 0.480. The number of benzene rings is 1. The van der Waals surface area contributed by atoms with Crippen LogP contribution in [-0.4, -0.2) is 24.9 Å². The molecule has 0 amide bonds. The van der Waals surface area contributed by atoms with Gasteiger partial charge in [-0.25, -0.2) is 4.79 Å². The van der Waals surface area contributed by atoms with E-state index in [1.807, 2.05) is 19.9 Å². The predicted octanol–water partition coefficient (Wildman–Crippen LogP) is 3.81. The average Bonchev–Trinajstić information content (AvgIpc) is 2.51. The van der Waals surface area contributed by atoms with Crippen LogP contribution >= 0.6 is 11.8 Å². The van der Waals surface area contributed by atoms with Crippen LogP contribution in [0.2, 0.25) is 0 Å². The molecule has 1 aromatic carbocycles. The monoisotopic (exact) mass is 362 g/mol. The lowest BCUT2D eigenvalue weighted by Gasteiger charge is -2.13. The third-order valence-corrected chi connectivity index (χ3v) is 4.83. The molecule has 6 heteroatoms.